The molecule has 0 spiro atoms. The van der Waals surface area contributed by atoms with E-state index < -0.39 is 42.8 Å². The topological polar surface area (TPSA) is 188 Å². The molecule has 240 valence electrons. The Morgan fingerprint density at radius 3 is 2.25 bits per heavy atom. The SMILES string of the molecule is NCCN(CCN)C(=O)CC[C@H](N)C(=O)N[C@H](CCc1ccc(C(F)(F)F)cc1)C(=O)N1CCc2ccc(B(O)O)cc2C1. The van der Waals surface area contributed by atoms with Crippen molar-refractivity contribution >= 4 is 30.3 Å². The number of alkyl halides is 3. The van der Waals surface area contributed by atoms with Crippen molar-refractivity contribution in [1.82, 2.24) is 15.1 Å². The van der Waals surface area contributed by atoms with Crippen molar-refractivity contribution in [3.05, 3.63) is 64.7 Å². The number of amides is 3. The maximum atomic E-state index is 13.7. The van der Waals surface area contributed by atoms with Crippen LogP contribution in [0.4, 0.5) is 13.2 Å². The molecule has 1 aliphatic rings. The van der Waals surface area contributed by atoms with E-state index in [1.54, 1.807) is 23.1 Å². The van der Waals surface area contributed by atoms with Gasteiger partial charge in [-0.05, 0) is 60.0 Å². The molecule has 2 aromatic carbocycles. The average molecular weight is 620 g/mol. The molecule has 0 saturated carbocycles. The molecule has 2 aromatic rings. The molecule has 0 radical (unpaired) electrons. The van der Waals surface area contributed by atoms with Gasteiger partial charge in [0.05, 0.1) is 11.6 Å². The zero-order valence-corrected chi connectivity index (χ0v) is 24.4. The van der Waals surface area contributed by atoms with E-state index in [4.69, 9.17) is 17.2 Å². The smallest absolute Gasteiger partial charge is 0.423 e. The van der Waals surface area contributed by atoms with Crippen molar-refractivity contribution in [2.24, 2.45) is 17.2 Å². The zero-order valence-electron chi connectivity index (χ0n) is 24.4. The third kappa shape index (κ3) is 9.76. The lowest BCUT2D eigenvalue weighted by molar-refractivity contribution is -0.138. The summed E-state index contributed by atoms with van der Waals surface area (Å²) >= 11 is 0. The third-order valence-electron chi connectivity index (χ3n) is 7.63. The molecule has 0 fully saturated rings. The first-order chi connectivity index (χ1) is 20.8. The highest BCUT2D eigenvalue weighted by molar-refractivity contribution is 6.58. The van der Waals surface area contributed by atoms with Crippen LogP contribution in [0.3, 0.4) is 0 Å². The first-order valence-electron chi connectivity index (χ1n) is 14.5. The lowest BCUT2D eigenvalue weighted by Crippen LogP contribution is -2.53. The van der Waals surface area contributed by atoms with Crippen LogP contribution in [0.1, 0.15) is 41.5 Å². The molecule has 44 heavy (non-hydrogen) atoms. The van der Waals surface area contributed by atoms with Crippen molar-refractivity contribution < 1.29 is 37.6 Å². The number of hydrogen-bond acceptors (Lipinski definition) is 8. The van der Waals surface area contributed by atoms with Crippen molar-refractivity contribution in [2.75, 3.05) is 32.7 Å². The highest BCUT2D eigenvalue weighted by Crippen LogP contribution is 2.29. The van der Waals surface area contributed by atoms with E-state index in [0.29, 0.717) is 31.6 Å². The Bertz CT molecular complexity index is 1280. The van der Waals surface area contributed by atoms with E-state index in [1.807, 2.05) is 0 Å². The van der Waals surface area contributed by atoms with Crippen LogP contribution in [0.25, 0.3) is 0 Å². The summed E-state index contributed by atoms with van der Waals surface area (Å²) < 4.78 is 39.0. The standard InChI is InChI=1S/C29H40BF3N6O5/c31-29(32,33)22-5-1-19(2-6-22)3-9-25(37-27(41)24(36)8-10-26(40)38(15-12-34)16-13-35)28(42)39-14-11-20-4-7-23(30(43)44)17-21(20)18-39/h1-2,4-7,17,24-25,43-44H,3,8-16,18,34-36H2,(H,37,41)/t24-,25+/m0/s1. The van der Waals surface area contributed by atoms with Crippen LogP contribution >= 0.6 is 0 Å². The van der Waals surface area contributed by atoms with E-state index in [-0.39, 0.29) is 56.7 Å². The largest absolute Gasteiger partial charge is 0.488 e. The number of fused-ring (bicyclic) bond motifs is 1. The van der Waals surface area contributed by atoms with Gasteiger partial charge in [-0.3, -0.25) is 14.4 Å². The normalized spacial score (nSPS) is 14.4. The third-order valence-corrected chi connectivity index (χ3v) is 7.63. The molecular formula is C29H40BF3N6O5. The Morgan fingerprint density at radius 2 is 1.66 bits per heavy atom. The van der Waals surface area contributed by atoms with Gasteiger partial charge in [0.2, 0.25) is 17.7 Å². The van der Waals surface area contributed by atoms with Crippen LogP contribution in [0, 0.1) is 0 Å². The van der Waals surface area contributed by atoms with Crippen LogP contribution in [0.2, 0.25) is 0 Å². The predicted octanol–water partition coefficient (Wildman–Crippen LogP) is -0.759. The molecule has 3 rings (SSSR count). The molecule has 2 atom stereocenters. The molecule has 0 saturated heterocycles. The van der Waals surface area contributed by atoms with E-state index >= 15 is 0 Å². The van der Waals surface area contributed by atoms with Crippen LogP contribution in [-0.4, -0.2) is 89.5 Å². The van der Waals surface area contributed by atoms with Crippen molar-refractivity contribution in [2.45, 2.75) is 56.9 Å². The molecule has 1 heterocycles. The Hall–Kier alpha value is -3.50. The van der Waals surface area contributed by atoms with Gasteiger partial charge in [-0.15, -0.1) is 0 Å². The summed E-state index contributed by atoms with van der Waals surface area (Å²) in [5.74, 6) is -1.31. The summed E-state index contributed by atoms with van der Waals surface area (Å²) in [7, 11) is -1.67. The summed E-state index contributed by atoms with van der Waals surface area (Å²) in [4.78, 5) is 42.4. The molecule has 0 unspecified atom stereocenters. The number of nitrogens with one attached hydrogen (secondary N) is 1. The van der Waals surface area contributed by atoms with Gasteiger partial charge in [-0.2, -0.15) is 13.2 Å². The molecule has 1 aliphatic heterocycles. The van der Waals surface area contributed by atoms with Gasteiger partial charge in [0.15, 0.2) is 0 Å². The monoisotopic (exact) mass is 620 g/mol. The minimum Gasteiger partial charge on any atom is -0.423 e. The van der Waals surface area contributed by atoms with Gasteiger partial charge in [-0.1, -0.05) is 30.3 Å². The minimum atomic E-state index is -4.48. The van der Waals surface area contributed by atoms with Crippen LogP contribution < -0.4 is 28.0 Å². The molecule has 11 nitrogen and oxygen atoms in total. The number of halogens is 3. The number of nitrogens with two attached hydrogens (primary N) is 3. The second-order valence-corrected chi connectivity index (χ2v) is 10.8. The minimum absolute atomic E-state index is 0.0134. The lowest BCUT2D eigenvalue weighted by Gasteiger charge is -2.33. The van der Waals surface area contributed by atoms with Crippen molar-refractivity contribution in [3.63, 3.8) is 0 Å². The number of aryl methyl sites for hydroxylation is 1. The van der Waals surface area contributed by atoms with Crippen LogP contribution in [0.15, 0.2) is 42.5 Å². The van der Waals surface area contributed by atoms with Crippen molar-refractivity contribution in [3.8, 4) is 0 Å². The van der Waals surface area contributed by atoms with E-state index in [0.717, 1.165) is 23.3 Å². The van der Waals surface area contributed by atoms with E-state index in [1.165, 1.54) is 17.0 Å². The fourth-order valence-electron chi connectivity index (χ4n) is 5.09. The first kappa shape index (κ1) is 35.0. The van der Waals surface area contributed by atoms with Gasteiger partial charge in [0.25, 0.3) is 0 Å². The Morgan fingerprint density at radius 1 is 1.00 bits per heavy atom. The van der Waals surface area contributed by atoms with Gasteiger partial charge in [0, 0.05) is 45.7 Å². The molecular weight excluding hydrogens is 580 g/mol. The van der Waals surface area contributed by atoms with Crippen molar-refractivity contribution in [1.29, 1.82) is 0 Å². The molecule has 0 aliphatic carbocycles. The van der Waals surface area contributed by atoms with Gasteiger partial charge >= 0.3 is 13.3 Å². The predicted molar refractivity (Wildman–Crippen MR) is 159 cm³/mol. The van der Waals surface area contributed by atoms with E-state index in [2.05, 4.69) is 5.32 Å². The second-order valence-electron chi connectivity index (χ2n) is 10.8. The number of benzene rings is 2. The molecule has 3 amide bonds. The first-order valence-corrected chi connectivity index (χ1v) is 14.5. The fourth-order valence-corrected chi connectivity index (χ4v) is 5.09. The maximum absolute atomic E-state index is 13.7. The van der Waals surface area contributed by atoms with Crippen LogP contribution in [0.5, 0.6) is 0 Å². The fraction of sp³-hybridized carbons (Fsp3) is 0.483. The Kier molecular flexibility index (Phi) is 12.7. The summed E-state index contributed by atoms with van der Waals surface area (Å²) in [6.45, 7) is 1.65. The number of hydrogen-bond donors (Lipinski definition) is 6. The summed E-state index contributed by atoms with van der Waals surface area (Å²) in [5, 5.41) is 21.8. The average Bonchev–Trinajstić information content (AvgIpc) is 3.00. The lowest BCUT2D eigenvalue weighted by atomic mass is 9.78. The molecule has 15 heteroatoms. The molecule has 9 N–H and O–H groups in total. The number of carbonyl (C=O) groups is 3. The number of carbonyl (C=O) groups excluding carboxylic acids is 3. The zero-order chi connectivity index (χ0) is 32.4. The number of rotatable bonds is 14. The Labute approximate surface area is 254 Å². The highest BCUT2D eigenvalue weighted by Gasteiger charge is 2.32. The highest BCUT2D eigenvalue weighted by atomic mass is 19.4. The van der Waals surface area contributed by atoms with E-state index in [9.17, 15) is 37.6 Å². The summed E-state index contributed by atoms with van der Waals surface area (Å²) in [6.07, 6.45) is -3.71. The summed E-state index contributed by atoms with van der Waals surface area (Å²) in [6, 6.07) is 7.42. The van der Waals surface area contributed by atoms with Crippen LogP contribution in [-0.2, 0) is 39.9 Å². The quantitative estimate of drug-likeness (QED) is 0.149. The Balaban J connectivity index is 1.73. The number of nitrogens with zero attached hydrogens (tertiary/aromatic N) is 2. The van der Waals surface area contributed by atoms with Gasteiger partial charge < -0.3 is 42.4 Å². The van der Waals surface area contributed by atoms with Gasteiger partial charge in [0.1, 0.15) is 6.04 Å². The molecule has 0 aromatic heterocycles. The van der Waals surface area contributed by atoms with Gasteiger partial charge in [-0.25, -0.2) is 0 Å². The second kappa shape index (κ2) is 16.0. The maximum Gasteiger partial charge on any atom is 0.488 e. The molecule has 0 bridgehead atoms. The summed E-state index contributed by atoms with van der Waals surface area (Å²) in [5.41, 5.74) is 18.9.